The molecule has 0 atom stereocenters. The van der Waals surface area contributed by atoms with Crippen molar-refractivity contribution in [2.24, 2.45) is 0 Å². The summed E-state index contributed by atoms with van der Waals surface area (Å²) in [6.45, 7) is 5.13. The number of nitrogens with one attached hydrogen (secondary N) is 2. The number of likely N-dealkylation sites (N-methyl/N-ethyl adjacent to an activating group) is 1. The van der Waals surface area contributed by atoms with Crippen LogP contribution in [-0.4, -0.2) is 66.1 Å². The number of rotatable bonds is 7. The van der Waals surface area contributed by atoms with Crippen molar-refractivity contribution in [3.05, 3.63) is 58.6 Å². The molecule has 1 aromatic heterocycles. The Morgan fingerprint density at radius 1 is 0.967 bits per heavy atom. The van der Waals surface area contributed by atoms with Crippen molar-refractivity contribution in [2.45, 2.75) is 0 Å². The van der Waals surface area contributed by atoms with Gasteiger partial charge in [0.15, 0.2) is 0 Å². The Hall–Kier alpha value is -3.46. The topological polar surface area (TPSA) is 99.5 Å². The number of nitro groups is 1. The van der Waals surface area contributed by atoms with E-state index < -0.39 is 4.92 Å². The summed E-state index contributed by atoms with van der Waals surface area (Å²) in [7, 11) is 2.13. The fourth-order valence-electron chi connectivity index (χ4n) is 3.44. The zero-order valence-corrected chi connectivity index (χ0v) is 16.9. The summed E-state index contributed by atoms with van der Waals surface area (Å²) in [4.78, 5) is 24.5. The highest BCUT2D eigenvalue weighted by Gasteiger charge is 2.18. The number of nitrogens with zero attached hydrogens (tertiary/aromatic N) is 5. The maximum Gasteiger partial charge on any atom is 0.269 e. The van der Waals surface area contributed by atoms with Crippen LogP contribution in [0.4, 0.5) is 23.1 Å². The van der Waals surface area contributed by atoms with E-state index in [1.54, 1.807) is 12.1 Å². The fourth-order valence-corrected chi connectivity index (χ4v) is 3.44. The average Bonchev–Trinajstić information content (AvgIpc) is 2.77. The van der Waals surface area contributed by atoms with Crippen LogP contribution in [0.1, 0.15) is 0 Å². The largest absolute Gasteiger partial charge is 0.383 e. The number of anilines is 3. The molecule has 9 nitrogen and oxygen atoms in total. The molecular formula is C21H25N7O2. The van der Waals surface area contributed by atoms with Gasteiger partial charge in [-0.15, -0.1) is 0 Å². The summed E-state index contributed by atoms with van der Waals surface area (Å²) in [5.41, 5.74) is 1.85. The van der Waals surface area contributed by atoms with Crippen LogP contribution in [0.2, 0.25) is 0 Å². The summed E-state index contributed by atoms with van der Waals surface area (Å²) in [5, 5.41) is 18.4. The zero-order chi connectivity index (χ0) is 20.9. The molecule has 30 heavy (non-hydrogen) atoms. The van der Waals surface area contributed by atoms with Crippen LogP contribution in [0.25, 0.3) is 10.9 Å². The van der Waals surface area contributed by atoms with Gasteiger partial charge in [-0.1, -0.05) is 12.1 Å². The first-order valence-corrected chi connectivity index (χ1v) is 10.0. The molecule has 1 aliphatic rings. The van der Waals surface area contributed by atoms with E-state index in [9.17, 15) is 10.1 Å². The summed E-state index contributed by atoms with van der Waals surface area (Å²) >= 11 is 0. The predicted octanol–water partition coefficient (Wildman–Crippen LogP) is 2.81. The Bertz CT molecular complexity index is 1020. The van der Waals surface area contributed by atoms with Gasteiger partial charge >= 0.3 is 0 Å². The van der Waals surface area contributed by atoms with Crippen molar-refractivity contribution in [3.63, 3.8) is 0 Å². The van der Waals surface area contributed by atoms with E-state index in [2.05, 4.69) is 27.5 Å². The number of aromatic nitrogens is 2. The predicted molar refractivity (Wildman–Crippen MR) is 119 cm³/mol. The summed E-state index contributed by atoms with van der Waals surface area (Å²) in [6, 6.07) is 14.4. The SMILES string of the molecule is CN1CCN(c2nc(NCCNc3ccc([N+](=O)[O-])cc3)c3ccccc3n2)CC1. The van der Waals surface area contributed by atoms with Gasteiger partial charge in [0.1, 0.15) is 5.82 Å². The van der Waals surface area contributed by atoms with Crippen LogP contribution in [0, 0.1) is 10.1 Å². The van der Waals surface area contributed by atoms with Gasteiger partial charge in [0, 0.05) is 62.5 Å². The summed E-state index contributed by atoms with van der Waals surface area (Å²) in [6.07, 6.45) is 0. The van der Waals surface area contributed by atoms with Gasteiger partial charge in [-0.2, -0.15) is 4.98 Å². The first kappa shape index (κ1) is 19.8. The molecule has 2 N–H and O–H groups in total. The van der Waals surface area contributed by atoms with Gasteiger partial charge in [0.25, 0.3) is 5.69 Å². The Kier molecular flexibility index (Phi) is 5.89. The van der Waals surface area contributed by atoms with Crippen molar-refractivity contribution >= 4 is 34.0 Å². The molecule has 0 amide bonds. The number of fused-ring (bicyclic) bond motifs is 1. The fraction of sp³-hybridized carbons (Fsp3) is 0.333. The van der Waals surface area contributed by atoms with Crippen molar-refractivity contribution in [1.29, 1.82) is 0 Å². The van der Waals surface area contributed by atoms with Crippen molar-refractivity contribution in [1.82, 2.24) is 14.9 Å². The molecule has 0 spiro atoms. The van der Waals surface area contributed by atoms with Gasteiger partial charge in [-0.25, -0.2) is 4.98 Å². The second-order valence-corrected chi connectivity index (χ2v) is 7.34. The minimum absolute atomic E-state index is 0.0857. The molecule has 0 radical (unpaired) electrons. The Balaban J connectivity index is 1.43. The lowest BCUT2D eigenvalue weighted by molar-refractivity contribution is -0.384. The molecule has 0 unspecified atom stereocenters. The van der Waals surface area contributed by atoms with Crippen LogP contribution in [0.5, 0.6) is 0 Å². The minimum Gasteiger partial charge on any atom is -0.383 e. The second-order valence-electron chi connectivity index (χ2n) is 7.34. The molecule has 9 heteroatoms. The van der Waals surface area contributed by atoms with Crippen LogP contribution >= 0.6 is 0 Å². The highest BCUT2D eigenvalue weighted by molar-refractivity contribution is 5.90. The Labute approximate surface area is 174 Å². The quantitative estimate of drug-likeness (QED) is 0.350. The number of nitro benzene ring substituents is 1. The normalized spacial score (nSPS) is 14.6. The van der Waals surface area contributed by atoms with Crippen LogP contribution < -0.4 is 15.5 Å². The summed E-state index contributed by atoms with van der Waals surface area (Å²) in [5.74, 6) is 1.58. The molecule has 2 aromatic carbocycles. The van der Waals surface area contributed by atoms with Crippen molar-refractivity contribution < 1.29 is 4.92 Å². The lowest BCUT2D eigenvalue weighted by Gasteiger charge is -2.32. The molecule has 3 aromatic rings. The zero-order valence-electron chi connectivity index (χ0n) is 16.9. The van der Waals surface area contributed by atoms with Gasteiger partial charge in [-0.05, 0) is 31.3 Å². The Morgan fingerprint density at radius 3 is 2.40 bits per heavy atom. The average molecular weight is 407 g/mol. The first-order valence-electron chi connectivity index (χ1n) is 10.0. The molecular weight excluding hydrogens is 382 g/mol. The van der Waals surface area contributed by atoms with E-state index in [4.69, 9.17) is 9.97 Å². The van der Waals surface area contributed by atoms with Crippen LogP contribution in [0.3, 0.4) is 0 Å². The van der Waals surface area contributed by atoms with Gasteiger partial charge in [0.05, 0.1) is 10.4 Å². The molecule has 0 bridgehead atoms. The minimum atomic E-state index is -0.399. The van der Waals surface area contributed by atoms with E-state index in [1.165, 1.54) is 12.1 Å². The van der Waals surface area contributed by atoms with Gasteiger partial charge < -0.3 is 20.4 Å². The third kappa shape index (κ3) is 4.57. The summed E-state index contributed by atoms with van der Waals surface area (Å²) < 4.78 is 0. The number of hydrogen-bond donors (Lipinski definition) is 2. The Morgan fingerprint density at radius 2 is 1.67 bits per heavy atom. The second kappa shape index (κ2) is 8.91. The number of para-hydroxylation sites is 1. The lowest BCUT2D eigenvalue weighted by atomic mass is 10.2. The first-order chi connectivity index (χ1) is 14.6. The monoisotopic (exact) mass is 407 g/mol. The molecule has 0 aliphatic carbocycles. The van der Waals surface area contributed by atoms with Crippen LogP contribution in [0.15, 0.2) is 48.5 Å². The number of hydrogen-bond acceptors (Lipinski definition) is 8. The van der Waals surface area contributed by atoms with E-state index in [0.29, 0.717) is 13.1 Å². The maximum atomic E-state index is 10.8. The molecule has 0 saturated carbocycles. The highest BCUT2D eigenvalue weighted by atomic mass is 16.6. The molecule has 1 fully saturated rings. The third-order valence-electron chi connectivity index (χ3n) is 5.20. The van der Waals surface area contributed by atoms with Crippen molar-refractivity contribution in [2.75, 3.05) is 61.8 Å². The molecule has 156 valence electrons. The number of benzene rings is 2. The maximum absolute atomic E-state index is 10.8. The smallest absolute Gasteiger partial charge is 0.269 e. The molecule has 2 heterocycles. The number of piperazine rings is 1. The van der Waals surface area contributed by atoms with E-state index in [0.717, 1.165) is 54.5 Å². The molecule has 1 saturated heterocycles. The molecule has 4 rings (SSSR count). The van der Waals surface area contributed by atoms with Gasteiger partial charge in [0.2, 0.25) is 5.95 Å². The van der Waals surface area contributed by atoms with Crippen molar-refractivity contribution in [3.8, 4) is 0 Å². The number of non-ortho nitro benzene ring substituents is 1. The standard InChI is InChI=1S/C21H25N7O2/c1-26-12-14-27(15-13-26)21-24-19-5-3-2-4-18(19)20(25-21)23-11-10-22-16-6-8-17(9-7-16)28(29)30/h2-9,22H,10-15H2,1H3,(H,23,24,25). The van der Waals surface area contributed by atoms with E-state index in [-0.39, 0.29) is 5.69 Å². The van der Waals surface area contributed by atoms with Crippen LogP contribution in [-0.2, 0) is 0 Å². The van der Waals surface area contributed by atoms with E-state index >= 15 is 0 Å². The lowest BCUT2D eigenvalue weighted by Crippen LogP contribution is -2.45. The third-order valence-corrected chi connectivity index (χ3v) is 5.20. The van der Waals surface area contributed by atoms with Gasteiger partial charge in [-0.3, -0.25) is 10.1 Å². The van der Waals surface area contributed by atoms with E-state index in [1.807, 2.05) is 24.3 Å². The highest BCUT2D eigenvalue weighted by Crippen LogP contribution is 2.24. The molecule has 1 aliphatic heterocycles.